The van der Waals surface area contributed by atoms with Gasteiger partial charge in [-0.1, -0.05) is 0 Å². The number of fused-ring (bicyclic) bond motifs is 3. The second-order valence-electron chi connectivity index (χ2n) is 12.4. The molecule has 0 saturated carbocycles. The number of carbonyl (C=O) groups is 2. The monoisotopic (exact) mass is 660 g/mol. The van der Waals surface area contributed by atoms with Crippen molar-refractivity contribution >= 4 is 56.3 Å². The summed E-state index contributed by atoms with van der Waals surface area (Å²) in [7, 11) is 0. The lowest BCUT2D eigenvalue weighted by Crippen LogP contribution is -2.50. The molecule has 3 aliphatic heterocycles. The Hall–Kier alpha value is -3.13. The van der Waals surface area contributed by atoms with E-state index in [1.807, 2.05) is 38.7 Å². The summed E-state index contributed by atoms with van der Waals surface area (Å²) in [5.41, 5.74) is 7.35. The van der Waals surface area contributed by atoms with E-state index < -0.39 is 5.60 Å². The zero-order valence-electron chi connectivity index (χ0n) is 24.3. The molecule has 2 unspecified atom stereocenters. The van der Waals surface area contributed by atoms with Crippen LogP contribution in [0.3, 0.4) is 0 Å². The topological polar surface area (TPSA) is 140 Å². The molecule has 6 rings (SSSR count). The molecule has 3 N–H and O–H groups in total. The van der Waals surface area contributed by atoms with E-state index in [1.165, 1.54) is 17.7 Å². The highest BCUT2D eigenvalue weighted by atomic mass is 79.9. The summed E-state index contributed by atoms with van der Waals surface area (Å²) in [6.07, 6.45) is 6.08. The number of hydrogen-bond donors (Lipinski definition) is 2. The molecule has 3 aromatic heterocycles. The van der Waals surface area contributed by atoms with E-state index in [0.29, 0.717) is 36.0 Å². The number of amides is 2. The molecular weight excluding hydrogens is 624 g/mol. The van der Waals surface area contributed by atoms with E-state index >= 15 is 0 Å². The first-order chi connectivity index (χ1) is 20.0. The summed E-state index contributed by atoms with van der Waals surface area (Å²) < 4.78 is 14.6. The molecule has 14 heteroatoms. The van der Waals surface area contributed by atoms with Gasteiger partial charge >= 0.3 is 6.09 Å². The highest BCUT2D eigenvalue weighted by molar-refractivity contribution is 9.10. The number of carbonyl (C=O) groups excluding carboxylic acids is 2. The quantitative estimate of drug-likeness (QED) is 0.403. The van der Waals surface area contributed by atoms with Crippen LogP contribution >= 0.6 is 27.3 Å². The number of halogens is 1. The third kappa shape index (κ3) is 5.75. The molecule has 12 nitrogen and oxygen atoms in total. The van der Waals surface area contributed by atoms with Crippen LogP contribution in [0.5, 0.6) is 5.88 Å². The van der Waals surface area contributed by atoms with E-state index in [1.54, 1.807) is 4.52 Å². The van der Waals surface area contributed by atoms with Gasteiger partial charge in [0.2, 0.25) is 5.88 Å². The van der Waals surface area contributed by atoms with Crippen molar-refractivity contribution in [1.29, 1.82) is 0 Å². The van der Waals surface area contributed by atoms with Crippen molar-refractivity contribution in [2.24, 2.45) is 0 Å². The van der Waals surface area contributed by atoms with Crippen molar-refractivity contribution in [2.45, 2.75) is 96.1 Å². The molecule has 3 saturated heterocycles. The predicted molar refractivity (Wildman–Crippen MR) is 163 cm³/mol. The van der Waals surface area contributed by atoms with Crippen LogP contribution in [0.2, 0.25) is 0 Å². The van der Waals surface area contributed by atoms with Gasteiger partial charge in [0.05, 0.1) is 10.7 Å². The summed E-state index contributed by atoms with van der Waals surface area (Å²) in [6.45, 7) is 9.01. The molecule has 0 spiro atoms. The van der Waals surface area contributed by atoms with Crippen LogP contribution in [0.1, 0.15) is 74.0 Å². The van der Waals surface area contributed by atoms with Gasteiger partial charge in [-0.3, -0.25) is 4.79 Å². The minimum Gasteiger partial charge on any atom is -0.473 e. The smallest absolute Gasteiger partial charge is 0.410 e. The molecule has 6 heterocycles. The lowest BCUT2D eigenvalue weighted by Gasteiger charge is -2.39. The Bertz CT molecular complexity index is 1490. The average Bonchev–Trinajstić information content (AvgIpc) is 3.55. The molecule has 0 aromatic carbocycles. The fourth-order valence-electron chi connectivity index (χ4n) is 6.44. The van der Waals surface area contributed by atoms with Crippen molar-refractivity contribution < 1.29 is 19.1 Å². The zero-order valence-corrected chi connectivity index (χ0v) is 26.7. The zero-order chi connectivity index (χ0) is 29.8. The molecule has 3 fully saturated rings. The number of nitrogens with zero attached hydrogens (tertiary/aromatic N) is 6. The summed E-state index contributed by atoms with van der Waals surface area (Å²) in [5, 5.41) is 8.30. The number of aryl methyl sites for hydroxylation is 1. The Labute approximate surface area is 257 Å². The number of hydrogen-bond acceptors (Lipinski definition) is 10. The molecule has 2 bridgehead atoms. The van der Waals surface area contributed by atoms with Crippen LogP contribution < -0.4 is 20.7 Å². The van der Waals surface area contributed by atoms with Gasteiger partial charge < -0.3 is 30.3 Å². The standard InChI is InChI=1S/C28H37BrN8O4S/c1-15-33-26(40-19-10-17-7-8-18(11-19)36(17)27(39)41-28(2,3)4)23(42-15)25(38)34-16-6-5-9-35(13-16)20-12-21(29)37-22(20)24(30)31-14-32-37/h12,14,16-19H,5-11,13H2,1-4H3,(H,34,38)(H2,30,31,32)/t16-,17?,18?,19?/m1/s1. The number of piperidine rings is 2. The molecule has 3 aromatic rings. The van der Waals surface area contributed by atoms with Crippen LogP contribution in [0, 0.1) is 6.92 Å². The highest BCUT2D eigenvalue weighted by Gasteiger charge is 2.46. The van der Waals surface area contributed by atoms with Crippen molar-refractivity contribution in [3.63, 3.8) is 0 Å². The second kappa shape index (κ2) is 11.2. The number of nitrogens with two attached hydrogens (primary N) is 1. The maximum absolute atomic E-state index is 13.6. The second-order valence-corrected chi connectivity index (χ2v) is 14.4. The molecule has 226 valence electrons. The van der Waals surface area contributed by atoms with Crippen LogP contribution in [0.25, 0.3) is 5.52 Å². The van der Waals surface area contributed by atoms with Crippen molar-refractivity contribution in [3.05, 3.63) is 26.9 Å². The predicted octanol–water partition coefficient (Wildman–Crippen LogP) is 4.55. The van der Waals surface area contributed by atoms with Gasteiger partial charge in [0.15, 0.2) is 10.7 Å². The van der Waals surface area contributed by atoms with E-state index in [0.717, 1.165) is 53.0 Å². The van der Waals surface area contributed by atoms with Gasteiger partial charge in [-0.25, -0.2) is 19.3 Å². The van der Waals surface area contributed by atoms with Crippen LogP contribution in [0.15, 0.2) is 17.0 Å². The SMILES string of the molecule is Cc1nc(OC2CC3CCC(C2)N3C(=O)OC(C)(C)C)c(C(=O)N[C@@H]2CCCN(c3cc(Br)n4ncnc(N)c34)C2)s1. The molecule has 0 radical (unpaired) electrons. The van der Waals surface area contributed by atoms with E-state index in [-0.39, 0.29) is 36.2 Å². The maximum Gasteiger partial charge on any atom is 0.410 e. The van der Waals surface area contributed by atoms with Crippen molar-refractivity contribution in [3.8, 4) is 5.88 Å². The first-order valence-corrected chi connectivity index (χ1v) is 16.1. The lowest BCUT2D eigenvalue weighted by molar-refractivity contribution is -0.00757. The normalized spacial score (nSPS) is 24.2. The summed E-state index contributed by atoms with van der Waals surface area (Å²) in [5.74, 6) is 0.608. The van der Waals surface area contributed by atoms with Gasteiger partial charge in [-0.05, 0) is 75.4 Å². The Morgan fingerprint density at radius 2 is 1.93 bits per heavy atom. The fourth-order valence-corrected chi connectivity index (χ4v) is 7.68. The molecular formula is C28H37BrN8O4S. The number of anilines is 2. The van der Waals surface area contributed by atoms with E-state index in [9.17, 15) is 9.59 Å². The van der Waals surface area contributed by atoms with Gasteiger partial charge in [-0.15, -0.1) is 11.3 Å². The van der Waals surface area contributed by atoms with E-state index in [2.05, 4.69) is 41.2 Å². The minimum atomic E-state index is -0.534. The Balaban J connectivity index is 1.12. The number of nitrogens with one attached hydrogen (secondary N) is 1. The average molecular weight is 662 g/mol. The molecule has 3 aliphatic rings. The number of ether oxygens (including phenoxy) is 2. The van der Waals surface area contributed by atoms with Crippen LogP contribution in [-0.4, -0.2) is 79.4 Å². The van der Waals surface area contributed by atoms with Gasteiger partial charge in [-0.2, -0.15) is 5.10 Å². The van der Waals surface area contributed by atoms with Gasteiger partial charge in [0, 0.05) is 44.1 Å². The van der Waals surface area contributed by atoms with Crippen LogP contribution in [-0.2, 0) is 4.74 Å². The fraction of sp³-hybridized carbons (Fsp3) is 0.607. The Kier molecular flexibility index (Phi) is 7.71. The minimum absolute atomic E-state index is 0.0611. The first-order valence-electron chi connectivity index (χ1n) is 14.5. The van der Waals surface area contributed by atoms with Crippen LogP contribution in [0.4, 0.5) is 16.3 Å². The van der Waals surface area contributed by atoms with Crippen molar-refractivity contribution in [2.75, 3.05) is 23.7 Å². The molecule has 0 aliphatic carbocycles. The third-order valence-corrected chi connectivity index (χ3v) is 9.61. The summed E-state index contributed by atoms with van der Waals surface area (Å²) in [4.78, 5) is 39.8. The number of nitrogen functional groups attached to an aromatic ring is 1. The lowest BCUT2D eigenvalue weighted by atomic mass is 10.0. The van der Waals surface area contributed by atoms with Gasteiger partial charge in [0.1, 0.15) is 28.2 Å². The molecule has 42 heavy (non-hydrogen) atoms. The molecule has 2 amide bonds. The van der Waals surface area contributed by atoms with Crippen molar-refractivity contribution in [1.82, 2.24) is 29.8 Å². The highest BCUT2D eigenvalue weighted by Crippen LogP contribution is 2.39. The Morgan fingerprint density at radius 3 is 2.64 bits per heavy atom. The number of aromatic nitrogens is 4. The molecule has 3 atom stereocenters. The Morgan fingerprint density at radius 1 is 1.19 bits per heavy atom. The maximum atomic E-state index is 13.6. The summed E-state index contributed by atoms with van der Waals surface area (Å²) >= 11 is 4.91. The largest absolute Gasteiger partial charge is 0.473 e. The first kappa shape index (κ1) is 29.0. The third-order valence-electron chi connectivity index (χ3n) is 8.10. The number of thiazole rings is 1. The summed E-state index contributed by atoms with van der Waals surface area (Å²) in [6, 6.07) is 2.07. The van der Waals surface area contributed by atoms with Gasteiger partial charge in [0.25, 0.3) is 5.91 Å². The van der Waals surface area contributed by atoms with E-state index in [4.69, 9.17) is 15.2 Å². The number of rotatable bonds is 5.